The zero-order valence-electron chi connectivity index (χ0n) is 16.1. The van der Waals surface area contributed by atoms with Crippen molar-refractivity contribution in [3.8, 4) is 0 Å². The second-order valence-electron chi connectivity index (χ2n) is 6.98. The summed E-state index contributed by atoms with van der Waals surface area (Å²) in [6.45, 7) is 10.5. The van der Waals surface area contributed by atoms with Gasteiger partial charge >= 0.3 is 0 Å². The summed E-state index contributed by atoms with van der Waals surface area (Å²) in [7, 11) is 0. The minimum Gasteiger partial charge on any atom is -0.431 e. The summed E-state index contributed by atoms with van der Waals surface area (Å²) in [5, 5.41) is 3.16. The van der Waals surface area contributed by atoms with Gasteiger partial charge in [0.1, 0.15) is 6.26 Å². The SMILES string of the molecule is Cc1ccc(C(C)C)cc1Nc1nc(C(=O)NSN2CCOCC2C)co1. The Morgan fingerprint density at radius 2 is 2.22 bits per heavy atom. The first-order valence-corrected chi connectivity index (χ1v) is 9.86. The summed E-state index contributed by atoms with van der Waals surface area (Å²) in [6.07, 6.45) is 1.36. The standard InChI is InChI=1S/C19H26N4O3S/c1-12(2)15-6-5-13(3)16(9-15)20-19-21-17(11-26-19)18(24)22-27-23-7-8-25-10-14(23)4/h5-6,9,11-12,14H,7-8,10H2,1-4H3,(H,20,21)(H,22,24). The molecule has 1 fully saturated rings. The number of aryl methyl sites for hydroxylation is 1. The number of amides is 1. The Morgan fingerprint density at radius 3 is 2.96 bits per heavy atom. The van der Waals surface area contributed by atoms with Crippen molar-refractivity contribution >= 4 is 29.7 Å². The van der Waals surface area contributed by atoms with E-state index in [-0.39, 0.29) is 17.6 Å². The molecule has 2 heterocycles. The van der Waals surface area contributed by atoms with Crippen LogP contribution in [-0.4, -0.2) is 41.0 Å². The Labute approximate surface area is 164 Å². The maximum absolute atomic E-state index is 12.3. The van der Waals surface area contributed by atoms with E-state index in [0.717, 1.165) is 17.8 Å². The molecule has 1 saturated heterocycles. The van der Waals surface area contributed by atoms with Gasteiger partial charge < -0.3 is 14.5 Å². The van der Waals surface area contributed by atoms with Crippen LogP contribution in [-0.2, 0) is 4.74 Å². The minimum absolute atomic E-state index is 0.239. The van der Waals surface area contributed by atoms with Crippen molar-refractivity contribution in [2.24, 2.45) is 0 Å². The van der Waals surface area contributed by atoms with Crippen molar-refractivity contribution in [3.05, 3.63) is 41.3 Å². The highest BCUT2D eigenvalue weighted by Crippen LogP contribution is 2.25. The fraction of sp³-hybridized carbons (Fsp3) is 0.474. The number of anilines is 2. The van der Waals surface area contributed by atoms with Crippen LogP contribution in [0.25, 0.3) is 0 Å². The third-order valence-electron chi connectivity index (χ3n) is 4.47. The van der Waals surface area contributed by atoms with Gasteiger partial charge in [-0.05, 0) is 37.0 Å². The van der Waals surface area contributed by atoms with E-state index in [4.69, 9.17) is 9.15 Å². The molecule has 1 aromatic carbocycles. The van der Waals surface area contributed by atoms with Crippen LogP contribution in [0.2, 0.25) is 0 Å². The lowest BCUT2D eigenvalue weighted by Gasteiger charge is -2.31. The number of carbonyl (C=O) groups is 1. The number of oxazole rings is 1. The summed E-state index contributed by atoms with van der Waals surface area (Å²) >= 11 is 1.28. The number of hydrogen-bond donors (Lipinski definition) is 2. The highest BCUT2D eigenvalue weighted by Gasteiger charge is 2.21. The molecule has 1 aliphatic rings. The van der Waals surface area contributed by atoms with E-state index >= 15 is 0 Å². The molecule has 27 heavy (non-hydrogen) atoms. The molecule has 0 saturated carbocycles. The average Bonchev–Trinajstić information content (AvgIpc) is 3.11. The van der Waals surface area contributed by atoms with Gasteiger partial charge in [-0.15, -0.1) is 0 Å². The predicted octanol–water partition coefficient (Wildman–Crippen LogP) is 3.86. The highest BCUT2D eigenvalue weighted by atomic mass is 32.2. The molecule has 1 aromatic heterocycles. The van der Waals surface area contributed by atoms with Gasteiger partial charge in [0.25, 0.3) is 11.9 Å². The van der Waals surface area contributed by atoms with Crippen molar-refractivity contribution in [2.75, 3.05) is 25.1 Å². The van der Waals surface area contributed by atoms with E-state index in [1.54, 1.807) is 0 Å². The number of rotatable bonds is 6. The fourth-order valence-electron chi connectivity index (χ4n) is 2.68. The third kappa shape index (κ3) is 5.03. The lowest BCUT2D eigenvalue weighted by molar-refractivity contribution is 0.0436. The molecule has 0 bridgehead atoms. The number of hydrogen-bond acceptors (Lipinski definition) is 7. The van der Waals surface area contributed by atoms with Gasteiger partial charge in [-0.2, -0.15) is 4.98 Å². The van der Waals surface area contributed by atoms with Crippen molar-refractivity contribution in [1.82, 2.24) is 14.0 Å². The van der Waals surface area contributed by atoms with Gasteiger partial charge in [0.15, 0.2) is 5.69 Å². The molecule has 1 aliphatic heterocycles. The van der Waals surface area contributed by atoms with Crippen molar-refractivity contribution in [3.63, 3.8) is 0 Å². The Morgan fingerprint density at radius 1 is 1.41 bits per heavy atom. The first kappa shape index (κ1) is 19.7. The Kier molecular flexibility index (Phi) is 6.41. The molecule has 1 unspecified atom stereocenters. The summed E-state index contributed by atoms with van der Waals surface area (Å²) in [5.41, 5.74) is 3.47. The summed E-state index contributed by atoms with van der Waals surface area (Å²) in [4.78, 5) is 16.6. The van der Waals surface area contributed by atoms with Gasteiger partial charge in [0.05, 0.1) is 13.2 Å². The summed E-state index contributed by atoms with van der Waals surface area (Å²) in [5.74, 6) is 0.139. The first-order valence-electron chi connectivity index (χ1n) is 9.09. The minimum atomic E-state index is -0.289. The van der Waals surface area contributed by atoms with Gasteiger partial charge in [0.2, 0.25) is 0 Å². The monoisotopic (exact) mass is 390 g/mol. The molecule has 1 amide bonds. The number of benzene rings is 1. The van der Waals surface area contributed by atoms with Gasteiger partial charge in [-0.3, -0.25) is 9.52 Å². The van der Waals surface area contributed by atoms with E-state index in [2.05, 4.69) is 58.3 Å². The number of morpholine rings is 1. The van der Waals surface area contributed by atoms with Gasteiger partial charge in [-0.1, -0.05) is 26.0 Å². The normalized spacial score (nSPS) is 17.9. The molecular weight excluding hydrogens is 364 g/mol. The lowest BCUT2D eigenvalue weighted by Crippen LogP contribution is -2.41. The molecule has 8 heteroatoms. The molecule has 1 atom stereocenters. The fourth-order valence-corrected chi connectivity index (χ4v) is 3.40. The zero-order chi connectivity index (χ0) is 19.4. The first-order chi connectivity index (χ1) is 12.9. The smallest absolute Gasteiger partial charge is 0.299 e. The van der Waals surface area contributed by atoms with E-state index in [0.29, 0.717) is 25.1 Å². The van der Waals surface area contributed by atoms with E-state index < -0.39 is 0 Å². The zero-order valence-corrected chi connectivity index (χ0v) is 16.9. The Balaban J connectivity index is 1.61. The topological polar surface area (TPSA) is 79.6 Å². The molecule has 0 spiro atoms. The number of nitrogens with zero attached hydrogens (tertiary/aromatic N) is 2. The second kappa shape index (κ2) is 8.77. The number of carbonyl (C=O) groups excluding carboxylic acids is 1. The quantitative estimate of drug-likeness (QED) is 0.725. The van der Waals surface area contributed by atoms with Crippen LogP contribution >= 0.6 is 12.1 Å². The van der Waals surface area contributed by atoms with Crippen LogP contribution in [0.5, 0.6) is 0 Å². The molecule has 146 valence electrons. The van der Waals surface area contributed by atoms with Crippen LogP contribution in [0.4, 0.5) is 11.7 Å². The molecular formula is C19H26N4O3S. The van der Waals surface area contributed by atoms with Gasteiger partial charge in [-0.25, -0.2) is 4.31 Å². The number of ether oxygens (including phenoxy) is 1. The molecule has 2 N–H and O–H groups in total. The van der Waals surface area contributed by atoms with Crippen molar-refractivity contribution < 1.29 is 13.9 Å². The largest absolute Gasteiger partial charge is 0.431 e. The van der Waals surface area contributed by atoms with Crippen LogP contribution in [0.3, 0.4) is 0 Å². The van der Waals surface area contributed by atoms with E-state index in [1.807, 2.05) is 6.92 Å². The Hall–Kier alpha value is -2.03. The summed E-state index contributed by atoms with van der Waals surface area (Å²) < 4.78 is 15.7. The average molecular weight is 391 g/mol. The van der Waals surface area contributed by atoms with Gasteiger partial charge in [0, 0.05) is 30.4 Å². The molecule has 0 radical (unpaired) electrons. The van der Waals surface area contributed by atoms with Crippen LogP contribution in [0.15, 0.2) is 28.9 Å². The maximum atomic E-state index is 12.3. The van der Waals surface area contributed by atoms with Crippen molar-refractivity contribution in [1.29, 1.82) is 0 Å². The third-order valence-corrected chi connectivity index (χ3v) is 5.52. The molecule has 2 aromatic rings. The van der Waals surface area contributed by atoms with Crippen LogP contribution < -0.4 is 10.0 Å². The lowest BCUT2D eigenvalue weighted by atomic mass is 10.0. The second-order valence-corrected chi connectivity index (χ2v) is 7.83. The van der Waals surface area contributed by atoms with Crippen LogP contribution in [0, 0.1) is 6.92 Å². The molecule has 0 aliphatic carbocycles. The highest BCUT2D eigenvalue weighted by molar-refractivity contribution is 7.95. The summed E-state index contributed by atoms with van der Waals surface area (Å²) in [6, 6.07) is 6.81. The van der Waals surface area contributed by atoms with E-state index in [9.17, 15) is 4.79 Å². The molecule has 7 nitrogen and oxygen atoms in total. The number of aromatic nitrogens is 1. The van der Waals surface area contributed by atoms with Crippen LogP contribution in [0.1, 0.15) is 48.3 Å². The maximum Gasteiger partial charge on any atom is 0.299 e. The Bertz CT molecular complexity index is 793. The molecule has 3 rings (SSSR count). The van der Waals surface area contributed by atoms with E-state index in [1.165, 1.54) is 24.0 Å². The number of nitrogens with one attached hydrogen (secondary N) is 2. The predicted molar refractivity (Wildman–Crippen MR) is 107 cm³/mol. The van der Waals surface area contributed by atoms with Crippen molar-refractivity contribution in [2.45, 2.75) is 39.7 Å².